The van der Waals surface area contributed by atoms with Crippen LogP contribution in [0.25, 0.3) is 0 Å². The van der Waals surface area contributed by atoms with E-state index >= 15 is 0 Å². The minimum absolute atomic E-state index is 0.175. The first-order chi connectivity index (χ1) is 13.6. The summed E-state index contributed by atoms with van der Waals surface area (Å²) in [5.41, 5.74) is 3.21. The lowest BCUT2D eigenvalue weighted by Crippen LogP contribution is -2.32. The third-order valence-corrected chi connectivity index (χ3v) is 5.24. The lowest BCUT2D eigenvalue weighted by molar-refractivity contribution is 0.102. The number of benzene rings is 1. The second-order valence-corrected chi connectivity index (χ2v) is 7.75. The Morgan fingerprint density at radius 1 is 1.21 bits per heavy atom. The predicted molar refractivity (Wildman–Crippen MR) is 108 cm³/mol. The van der Waals surface area contributed by atoms with Gasteiger partial charge in [-0.2, -0.15) is 9.97 Å². The smallest absolute Gasteiger partial charge is 0.342 e. The highest BCUT2D eigenvalue weighted by Crippen LogP contribution is 2.23. The monoisotopic (exact) mass is 393 g/mol. The van der Waals surface area contributed by atoms with Gasteiger partial charge >= 0.3 is 5.16 Å². The second kappa shape index (κ2) is 7.95. The summed E-state index contributed by atoms with van der Waals surface area (Å²) in [6.07, 6.45) is 5.67. The quantitative estimate of drug-likeness (QED) is 0.540. The number of aromatic nitrogens is 3. The fraction of sp³-hybridized carbons (Fsp3) is 0.200. The van der Waals surface area contributed by atoms with E-state index < -0.39 is 11.2 Å². The molecule has 7 nitrogen and oxygen atoms in total. The normalized spacial score (nSPS) is 14.3. The van der Waals surface area contributed by atoms with Crippen LogP contribution >= 0.6 is 0 Å². The molecule has 0 radical (unpaired) electrons. The van der Waals surface area contributed by atoms with Crippen molar-refractivity contribution in [3.63, 3.8) is 0 Å². The van der Waals surface area contributed by atoms with Crippen molar-refractivity contribution in [1.82, 2.24) is 15.0 Å². The number of rotatable bonds is 4. The maximum Gasteiger partial charge on any atom is 0.342 e. The Labute approximate surface area is 166 Å². The first kappa shape index (κ1) is 18.4. The van der Waals surface area contributed by atoms with Crippen molar-refractivity contribution < 1.29 is 9.35 Å². The molecule has 0 saturated heterocycles. The average molecular weight is 393 g/mol. The molecule has 3 aromatic rings. The lowest BCUT2D eigenvalue weighted by Gasteiger charge is -2.29. The first-order valence-corrected chi connectivity index (χ1v) is 10.4. The zero-order chi connectivity index (χ0) is 19.5. The molecule has 1 aliphatic heterocycles. The van der Waals surface area contributed by atoms with Gasteiger partial charge in [-0.15, -0.1) is 0 Å². The minimum Gasteiger partial charge on any atom is -0.609 e. The molecule has 0 saturated carbocycles. The van der Waals surface area contributed by atoms with Crippen LogP contribution in [0.5, 0.6) is 0 Å². The molecule has 8 heteroatoms. The van der Waals surface area contributed by atoms with E-state index in [1.54, 1.807) is 30.8 Å². The highest BCUT2D eigenvalue weighted by molar-refractivity contribution is 7.90. The van der Waals surface area contributed by atoms with Crippen LogP contribution in [0, 0.1) is 0 Å². The van der Waals surface area contributed by atoms with E-state index in [4.69, 9.17) is 0 Å². The highest BCUT2D eigenvalue weighted by atomic mass is 32.2. The molecular formula is C20H19N5O2S. The van der Waals surface area contributed by atoms with Crippen LogP contribution in [0.2, 0.25) is 0 Å². The van der Waals surface area contributed by atoms with Gasteiger partial charge in [0.25, 0.3) is 5.91 Å². The summed E-state index contributed by atoms with van der Waals surface area (Å²) in [5, 5.41) is 3.25. The number of para-hydroxylation sites is 1. The second-order valence-electron chi connectivity index (χ2n) is 6.47. The standard InChI is InChI=1S/C20H19N5O2S/c1-28(27)20-22-12-15-13-25(10-8-17(15)24-20)18-11-14(7-9-21-18)19(26)23-16-5-3-2-4-6-16/h2-7,9,11-12H,8,10,13H2,1H3,(H,23,26). The molecule has 142 valence electrons. The van der Waals surface area contributed by atoms with Crippen molar-refractivity contribution in [3.8, 4) is 0 Å². The number of hydrogen-bond donors (Lipinski definition) is 1. The Kier molecular flexibility index (Phi) is 5.23. The van der Waals surface area contributed by atoms with Crippen molar-refractivity contribution in [1.29, 1.82) is 0 Å². The average Bonchev–Trinajstić information content (AvgIpc) is 2.73. The van der Waals surface area contributed by atoms with Crippen molar-refractivity contribution in [3.05, 3.63) is 71.7 Å². The van der Waals surface area contributed by atoms with Crippen molar-refractivity contribution in [2.45, 2.75) is 18.1 Å². The topological polar surface area (TPSA) is 94.1 Å². The van der Waals surface area contributed by atoms with Gasteiger partial charge in [0.05, 0.1) is 5.69 Å². The van der Waals surface area contributed by atoms with Gasteiger partial charge < -0.3 is 14.8 Å². The van der Waals surface area contributed by atoms with Gasteiger partial charge in [0, 0.05) is 59.9 Å². The Morgan fingerprint density at radius 2 is 2.04 bits per heavy atom. The van der Waals surface area contributed by atoms with Crippen LogP contribution < -0.4 is 10.2 Å². The Balaban J connectivity index is 1.51. The largest absolute Gasteiger partial charge is 0.609 e. The molecule has 1 N–H and O–H groups in total. The van der Waals surface area contributed by atoms with Gasteiger partial charge in [0.15, 0.2) is 0 Å². The molecule has 1 amide bonds. The van der Waals surface area contributed by atoms with Gasteiger partial charge in [-0.3, -0.25) is 4.79 Å². The van der Waals surface area contributed by atoms with E-state index in [2.05, 4.69) is 25.2 Å². The molecule has 0 aliphatic carbocycles. The fourth-order valence-corrected chi connectivity index (χ4v) is 3.53. The molecule has 0 spiro atoms. The fourth-order valence-electron chi connectivity index (χ4n) is 3.09. The molecule has 0 fully saturated rings. The van der Waals surface area contributed by atoms with Crippen LogP contribution in [0.15, 0.2) is 60.0 Å². The van der Waals surface area contributed by atoms with E-state index in [9.17, 15) is 9.35 Å². The molecule has 1 aromatic carbocycles. The first-order valence-electron chi connectivity index (χ1n) is 8.86. The minimum atomic E-state index is -1.19. The van der Waals surface area contributed by atoms with Crippen molar-refractivity contribution in [2.75, 3.05) is 23.0 Å². The van der Waals surface area contributed by atoms with Crippen LogP contribution in [0.4, 0.5) is 11.5 Å². The number of fused-ring (bicyclic) bond motifs is 1. The zero-order valence-corrected chi connectivity index (χ0v) is 16.1. The van der Waals surface area contributed by atoms with Gasteiger partial charge in [0.1, 0.15) is 12.1 Å². The molecular weight excluding hydrogens is 374 g/mol. The maximum atomic E-state index is 12.5. The van der Waals surface area contributed by atoms with Crippen LogP contribution in [-0.4, -0.2) is 38.2 Å². The van der Waals surface area contributed by atoms with E-state index in [1.165, 1.54) is 0 Å². The number of anilines is 2. The molecule has 28 heavy (non-hydrogen) atoms. The Hall–Kier alpha value is -2.97. The molecule has 1 aliphatic rings. The summed E-state index contributed by atoms with van der Waals surface area (Å²) in [6, 6.07) is 12.8. The van der Waals surface area contributed by atoms with Crippen LogP contribution in [-0.2, 0) is 24.1 Å². The molecule has 0 bridgehead atoms. The van der Waals surface area contributed by atoms with Crippen LogP contribution in [0.1, 0.15) is 21.6 Å². The third kappa shape index (κ3) is 3.97. The summed E-state index contributed by atoms with van der Waals surface area (Å²) in [4.78, 5) is 27.7. The Morgan fingerprint density at radius 3 is 2.82 bits per heavy atom. The summed E-state index contributed by atoms with van der Waals surface area (Å²) in [5.74, 6) is 0.556. The maximum absolute atomic E-state index is 12.5. The summed E-state index contributed by atoms with van der Waals surface area (Å²) in [6.45, 7) is 1.32. The lowest BCUT2D eigenvalue weighted by atomic mass is 10.1. The van der Waals surface area contributed by atoms with E-state index in [0.29, 0.717) is 23.7 Å². The number of carbonyl (C=O) groups excluding carboxylic acids is 1. The molecule has 3 heterocycles. The number of nitrogens with zero attached hydrogens (tertiary/aromatic N) is 4. The number of pyridine rings is 1. The number of carbonyl (C=O) groups is 1. The van der Waals surface area contributed by atoms with Crippen molar-refractivity contribution >= 4 is 28.6 Å². The van der Waals surface area contributed by atoms with Crippen LogP contribution in [0.3, 0.4) is 0 Å². The summed E-state index contributed by atoms with van der Waals surface area (Å²) in [7, 11) is 0. The van der Waals surface area contributed by atoms with E-state index in [-0.39, 0.29) is 5.91 Å². The van der Waals surface area contributed by atoms with E-state index in [1.807, 2.05) is 30.3 Å². The van der Waals surface area contributed by atoms with Gasteiger partial charge in [0.2, 0.25) is 0 Å². The van der Waals surface area contributed by atoms with Crippen molar-refractivity contribution in [2.24, 2.45) is 0 Å². The third-order valence-electron chi connectivity index (χ3n) is 4.53. The Bertz CT molecular complexity index is 997. The summed E-state index contributed by atoms with van der Waals surface area (Å²) < 4.78 is 11.6. The van der Waals surface area contributed by atoms with Gasteiger partial charge in [-0.1, -0.05) is 18.2 Å². The number of amides is 1. The predicted octanol–water partition coefficient (Wildman–Crippen LogP) is 2.42. The zero-order valence-electron chi connectivity index (χ0n) is 15.3. The number of nitrogens with one attached hydrogen (secondary N) is 1. The molecule has 4 rings (SSSR count). The van der Waals surface area contributed by atoms with Gasteiger partial charge in [-0.25, -0.2) is 4.98 Å². The molecule has 1 unspecified atom stereocenters. The highest BCUT2D eigenvalue weighted by Gasteiger charge is 2.22. The van der Waals surface area contributed by atoms with Gasteiger partial charge in [-0.05, 0) is 24.3 Å². The SMILES string of the molecule is C[S+]([O-])c1ncc2c(n1)CCN(c1cc(C(=O)Nc3ccccc3)ccn1)C2. The van der Waals surface area contributed by atoms with E-state index in [0.717, 1.165) is 29.3 Å². The molecule has 1 atom stereocenters. The number of hydrogen-bond acceptors (Lipinski definition) is 6. The molecule has 2 aromatic heterocycles. The summed E-state index contributed by atoms with van der Waals surface area (Å²) >= 11 is -1.19.